The molecule has 26 heavy (non-hydrogen) atoms. The maximum atomic E-state index is 14.4. The van der Waals surface area contributed by atoms with Crippen molar-refractivity contribution in [3.8, 4) is 0 Å². The van der Waals surface area contributed by atoms with Crippen LogP contribution in [-0.2, 0) is 6.61 Å². The van der Waals surface area contributed by atoms with Crippen molar-refractivity contribution < 1.29 is 14.6 Å². The number of aliphatic hydroxyl groups is 2. The summed E-state index contributed by atoms with van der Waals surface area (Å²) in [6.07, 6.45) is 3.22. The first kappa shape index (κ1) is 17.0. The smallest absolute Gasteiger partial charge is 0.151 e. The van der Waals surface area contributed by atoms with Gasteiger partial charge in [0.25, 0.3) is 0 Å². The molecule has 0 radical (unpaired) electrons. The highest BCUT2D eigenvalue weighted by molar-refractivity contribution is 5.53. The summed E-state index contributed by atoms with van der Waals surface area (Å²) in [5.41, 5.74) is 0.858. The van der Waals surface area contributed by atoms with E-state index < -0.39 is 0 Å². The van der Waals surface area contributed by atoms with E-state index in [0.29, 0.717) is 37.4 Å². The SMILES string of the molecule is OCc1cccc(N2CCN(c3cnc(N4CC(O)C4)cn3)CC2)c1F. The molecule has 0 bridgehead atoms. The van der Waals surface area contributed by atoms with E-state index in [4.69, 9.17) is 0 Å². The lowest BCUT2D eigenvalue weighted by Gasteiger charge is -2.38. The molecule has 8 heteroatoms. The molecule has 4 rings (SSSR count). The summed E-state index contributed by atoms with van der Waals surface area (Å²) in [6, 6.07) is 5.12. The van der Waals surface area contributed by atoms with Crippen molar-refractivity contribution in [2.45, 2.75) is 12.7 Å². The molecule has 2 saturated heterocycles. The van der Waals surface area contributed by atoms with Crippen molar-refractivity contribution in [2.24, 2.45) is 0 Å². The lowest BCUT2D eigenvalue weighted by Crippen LogP contribution is -2.51. The molecule has 0 unspecified atom stereocenters. The zero-order valence-corrected chi connectivity index (χ0v) is 14.4. The predicted octanol–water partition coefficient (Wildman–Crippen LogP) is 0.615. The lowest BCUT2D eigenvalue weighted by atomic mass is 10.1. The van der Waals surface area contributed by atoms with E-state index in [-0.39, 0.29) is 18.5 Å². The van der Waals surface area contributed by atoms with Crippen LogP contribution in [0, 0.1) is 5.82 Å². The Hall–Kier alpha value is -2.45. The van der Waals surface area contributed by atoms with E-state index in [1.54, 1.807) is 30.6 Å². The fourth-order valence-corrected chi connectivity index (χ4v) is 3.39. The molecule has 2 aliphatic rings. The normalized spacial score (nSPS) is 18.2. The summed E-state index contributed by atoms with van der Waals surface area (Å²) >= 11 is 0. The Bertz CT molecular complexity index is 759. The van der Waals surface area contributed by atoms with Gasteiger partial charge in [-0.25, -0.2) is 14.4 Å². The quantitative estimate of drug-likeness (QED) is 0.829. The zero-order chi connectivity index (χ0) is 18.1. The van der Waals surface area contributed by atoms with Gasteiger partial charge in [-0.1, -0.05) is 12.1 Å². The number of aliphatic hydroxyl groups excluding tert-OH is 2. The second kappa shape index (κ2) is 7.05. The van der Waals surface area contributed by atoms with Crippen LogP contribution in [0.2, 0.25) is 0 Å². The number of aromatic nitrogens is 2. The highest BCUT2D eigenvalue weighted by Gasteiger charge is 2.26. The molecule has 1 aromatic carbocycles. The van der Waals surface area contributed by atoms with Crippen LogP contribution in [0.1, 0.15) is 5.56 Å². The number of hydrogen-bond acceptors (Lipinski definition) is 7. The lowest BCUT2D eigenvalue weighted by molar-refractivity contribution is 0.141. The van der Waals surface area contributed by atoms with Crippen molar-refractivity contribution >= 4 is 17.3 Å². The van der Waals surface area contributed by atoms with Crippen LogP contribution >= 0.6 is 0 Å². The zero-order valence-electron chi connectivity index (χ0n) is 14.4. The molecule has 7 nitrogen and oxygen atoms in total. The van der Waals surface area contributed by atoms with Crippen molar-refractivity contribution in [3.05, 3.63) is 42.0 Å². The van der Waals surface area contributed by atoms with Gasteiger partial charge >= 0.3 is 0 Å². The summed E-state index contributed by atoms with van der Waals surface area (Å²) in [7, 11) is 0. The molecule has 2 fully saturated rings. The molecule has 0 aliphatic carbocycles. The van der Waals surface area contributed by atoms with Crippen molar-refractivity contribution in [1.82, 2.24) is 9.97 Å². The summed E-state index contributed by atoms with van der Waals surface area (Å²) in [6.45, 7) is 3.70. The number of anilines is 3. The molecule has 2 aromatic rings. The number of β-amino-alcohol motifs (C(OH)–C–C–N with tert-alkyl or cyclic N) is 1. The van der Waals surface area contributed by atoms with Gasteiger partial charge in [0, 0.05) is 44.8 Å². The van der Waals surface area contributed by atoms with Crippen molar-refractivity contribution in [2.75, 3.05) is 54.0 Å². The van der Waals surface area contributed by atoms with Gasteiger partial charge in [0.2, 0.25) is 0 Å². The monoisotopic (exact) mass is 359 g/mol. The molecule has 3 heterocycles. The summed E-state index contributed by atoms with van der Waals surface area (Å²) < 4.78 is 14.4. The molecule has 0 amide bonds. The molecule has 1 aromatic heterocycles. The second-order valence-corrected chi connectivity index (χ2v) is 6.67. The number of rotatable bonds is 4. The van der Waals surface area contributed by atoms with Crippen molar-refractivity contribution in [3.63, 3.8) is 0 Å². The number of piperazine rings is 1. The third-order valence-corrected chi connectivity index (χ3v) is 4.98. The number of benzene rings is 1. The minimum absolute atomic E-state index is 0.269. The minimum atomic E-state index is -0.343. The number of halogens is 1. The van der Waals surface area contributed by atoms with E-state index >= 15 is 0 Å². The van der Waals surface area contributed by atoms with Crippen LogP contribution in [0.3, 0.4) is 0 Å². The Kier molecular flexibility index (Phi) is 4.60. The van der Waals surface area contributed by atoms with E-state index in [1.807, 2.05) is 9.80 Å². The first-order chi connectivity index (χ1) is 12.7. The molecule has 0 spiro atoms. The summed E-state index contributed by atoms with van der Waals surface area (Å²) in [5, 5.41) is 18.6. The van der Waals surface area contributed by atoms with Crippen LogP contribution in [0.15, 0.2) is 30.6 Å². The predicted molar refractivity (Wildman–Crippen MR) is 97.0 cm³/mol. The average Bonchev–Trinajstić information content (AvgIpc) is 2.66. The highest BCUT2D eigenvalue weighted by Crippen LogP contribution is 2.25. The van der Waals surface area contributed by atoms with Gasteiger partial charge in [0.05, 0.1) is 30.8 Å². The fourth-order valence-electron chi connectivity index (χ4n) is 3.39. The molecular formula is C18H22FN5O2. The van der Waals surface area contributed by atoms with Crippen LogP contribution in [-0.4, -0.2) is 65.6 Å². The fraction of sp³-hybridized carbons (Fsp3) is 0.444. The van der Waals surface area contributed by atoms with Gasteiger partial charge in [-0.15, -0.1) is 0 Å². The Morgan fingerprint density at radius 2 is 1.58 bits per heavy atom. The summed E-state index contributed by atoms with van der Waals surface area (Å²) in [5.74, 6) is 1.24. The van der Waals surface area contributed by atoms with Crippen LogP contribution in [0.4, 0.5) is 21.7 Å². The first-order valence-electron chi connectivity index (χ1n) is 8.79. The third kappa shape index (κ3) is 3.17. The van der Waals surface area contributed by atoms with E-state index in [9.17, 15) is 14.6 Å². The van der Waals surface area contributed by atoms with Gasteiger partial charge in [0.15, 0.2) is 5.82 Å². The van der Waals surface area contributed by atoms with E-state index in [1.165, 1.54) is 0 Å². The standard InChI is InChI=1S/C18H22FN5O2/c19-18-13(12-25)2-1-3-15(18)22-4-6-23(7-5-22)16-8-21-17(9-20-16)24-10-14(26)11-24/h1-3,8-9,14,25-26H,4-7,10-12H2. The van der Waals surface area contributed by atoms with Gasteiger partial charge in [-0.3, -0.25) is 0 Å². The molecule has 0 atom stereocenters. The minimum Gasteiger partial charge on any atom is -0.392 e. The third-order valence-electron chi connectivity index (χ3n) is 4.98. The van der Waals surface area contributed by atoms with E-state index in [0.717, 1.165) is 24.7 Å². The molecular weight excluding hydrogens is 337 g/mol. The Morgan fingerprint density at radius 1 is 0.962 bits per heavy atom. The number of nitrogens with zero attached hydrogens (tertiary/aromatic N) is 5. The van der Waals surface area contributed by atoms with Crippen LogP contribution < -0.4 is 14.7 Å². The van der Waals surface area contributed by atoms with Crippen LogP contribution in [0.5, 0.6) is 0 Å². The maximum Gasteiger partial charge on any atom is 0.151 e. The topological polar surface area (TPSA) is 76.0 Å². The molecule has 0 saturated carbocycles. The van der Waals surface area contributed by atoms with Crippen molar-refractivity contribution in [1.29, 1.82) is 0 Å². The maximum absolute atomic E-state index is 14.4. The van der Waals surface area contributed by atoms with Crippen LogP contribution in [0.25, 0.3) is 0 Å². The Labute approximate surface area is 151 Å². The second-order valence-electron chi connectivity index (χ2n) is 6.67. The van der Waals surface area contributed by atoms with Gasteiger partial charge in [-0.05, 0) is 6.07 Å². The summed E-state index contributed by atoms with van der Waals surface area (Å²) in [4.78, 5) is 15.0. The van der Waals surface area contributed by atoms with Gasteiger partial charge < -0.3 is 24.9 Å². The van der Waals surface area contributed by atoms with E-state index in [2.05, 4.69) is 14.9 Å². The molecule has 138 valence electrons. The average molecular weight is 359 g/mol. The van der Waals surface area contributed by atoms with Gasteiger partial charge in [0.1, 0.15) is 11.6 Å². The first-order valence-corrected chi connectivity index (χ1v) is 8.79. The number of hydrogen-bond donors (Lipinski definition) is 2. The molecule has 2 N–H and O–H groups in total. The Balaban J connectivity index is 1.39. The Morgan fingerprint density at radius 3 is 2.15 bits per heavy atom. The highest BCUT2D eigenvalue weighted by atomic mass is 19.1. The largest absolute Gasteiger partial charge is 0.392 e. The van der Waals surface area contributed by atoms with Gasteiger partial charge in [-0.2, -0.15) is 0 Å². The molecule has 2 aliphatic heterocycles.